The number of pyridine rings is 1. The molecule has 39 heavy (non-hydrogen) atoms. The van der Waals surface area contributed by atoms with Crippen LogP contribution in [0.15, 0.2) is 36.8 Å². The van der Waals surface area contributed by atoms with E-state index in [1.54, 1.807) is 17.3 Å². The molecule has 1 N–H and O–H groups in total. The number of carbonyl (C=O) groups excluding carboxylic acids is 2. The van der Waals surface area contributed by atoms with Crippen LogP contribution in [0.25, 0.3) is 5.65 Å². The van der Waals surface area contributed by atoms with Gasteiger partial charge in [0.05, 0.1) is 29.5 Å². The Labute approximate surface area is 233 Å². The predicted octanol–water partition coefficient (Wildman–Crippen LogP) is 3.32. The maximum atomic E-state index is 13.1. The minimum absolute atomic E-state index is 0.0224. The second-order valence-electron chi connectivity index (χ2n) is 11.6. The van der Waals surface area contributed by atoms with Crippen molar-refractivity contribution >= 4 is 41.0 Å². The number of amides is 2. The van der Waals surface area contributed by atoms with Crippen LogP contribution in [-0.4, -0.2) is 81.1 Å². The van der Waals surface area contributed by atoms with Gasteiger partial charge in [-0.15, -0.1) is 0 Å². The van der Waals surface area contributed by atoms with E-state index in [0.29, 0.717) is 56.1 Å². The van der Waals surface area contributed by atoms with Crippen LogP contribution < -0.4 is 15.1 Å². The number of rotatable bonds is 5. The summed E-state index contributed by atoms with van der Waals surface area (Å²) in [5, 5.41) is 3.63. The number of imidazole rings is 1. The van der Waals surface area contributed by atoms with Gasteiger partial charge in [0, 0.05) is 45.5 Å². The van der Waals surface area contributed by atoms with E-state index in [4.69, 9.17) is 21.3 Å². The van der Waals surface area contributed by atoms with Crippen molar-refractivity contribution in [3.05, 3.63) is 47.5 Å². The summed E-state index contributed by atoms with van der Waals surface area (Å²) in [6, 6.07) is 5.82. The van der Waals surface area contributed by atoms with E-state index in [9.17, 15) is 9.59 Å². The van der Waals surface area contributed by atoms with Crippen LogP contribution in [0, 0.1) is 5.92 Å². The number of fused-ring (bicyclic) bond motifs is 1. The molecule has 0 radical (unpaired) electrons. The van der Waals surface area contributed by atoms with Gasteiger partial charge in [0.15, 0.2) is 5.82 Å². The Balaban J connectivity index is 1.18. The lowest BCUT2D eigenvalue weighted by Gasteiger charge is -2.41. The molecule has 2 fully saturated rings. The Morgan fingerprint density at radius 2 is 1.72 bits per heavy atom. The van der Waals surface area contributed by atoms with E-state index >= 15 is 0 Å². The molecular formula is C27H35ClN8O3. The molecule has 0 atom stereocenters. The molecule has 0 unspecified atom stereocenters. The molecule has 2 aliphatic heterocycles. The Bertz CT molecular complexity index is 1370. The van der Waals surface area contributed by atoms with Gasteiger partial charge in [0.25, 0.3) is 0 Å². The third kappa shape index (κ3) is 5.73. The summed E-state index contributed by atoms with van der Waals surface area (Å²) in [5.74, 6) is 0.960. The summed E-state index contributed by atoms with van der Waals surface area (Å²) in [6.45, 7) is 12.8. The van der Waals surface area contributed by atoms with Crippen molar-refractivity contribution in [2.75, 3.05) is 49.1 Å². The first-order chi connectivity index (χ1) is 18.4. The number of nitrogens with one attached hydrogen (secondary N) is 1. The Hall–Kier alpha value is -3.60. The lowest BCUT2D eigenvalue weighted by atomic mass is 9.95. The third-order valence-electron chi connectivity index (χ3n) is 6.97. The lowest BCUT2D eigenvalue weighted by molar-refractivity contribution is -0.127. The number of piperazine rings is 1. The number of halogens is 1. The molecule has 0 spiro atoms. The molecule has 11 nitrogen and oxygen atoms in total. The third-order valence-corrected chi connectivity index (χ3v) is 7.24. The van der Waals surface area contributed by atoms with Crippen molar-refractivity contribution in [1.82, 2.24) is 29.6 Å². The molecule has 5 rings (SSSR count). The predicted molar refractivity (Wildman–Crippen MR) is 149 cm³/mol. The average molecular weight is 555 g/mol. The van der Waals surface area contributed by atoms with Gasteiger partial charge in [-0.05, 0) is 46.8 Å². The summed E-state index contributed by atoms with van der Waals surface area (Å²) in [6.07, 6.45) is 5.04. The first-order valence-electron chi connectivity index (χ1n) is 13.2. The van der Waals surface area contributed by atoms with Crippen LogP contribution in [0.1, 0.15) is 40.3 Å². The molecule has 208 valence electrons. The van der Waals surface area contributed by atoms with Crippen LogP contribution in [0.5, 0.6) is 0 Å². The van der Waals surface area contributed by atoms with Crippen molar-refractivity contribution in [3.8, 4) is 0 Å². The van der Waals surface area contributed by atoms with Crippen molar-refractivity contribution < 1.29 is 14.3 Å². The molecule has 2 aliphatic rings. The Morgan fingerprint density at radius 1 is 1.00 bits per heavy atom. The van der Waals surface area contributed by atoms with Gasteiger partial charge >= 0.3 is 6.09 Å². The number of aromatic nitrogens is 4. The first-order valence-corrected chi connectivity index (χ1v) is 13.5. The molecule has 2 amide bonds. The maximum absolute atomic E-state index is 13.1. The molecule has 0 aliphatic carbocycles. The summed E-state index contributed by atoms with van der Waals surface area (Å²) < 4.78 is 7.47. The van der Waals surface area contributed by atoms with E-state index in [1.165, 1.54) is 0 Å². The fourth-order valence-corrected chi connectivity index (χ4v) is 5.04. The average Bonchev–Trinajstić information content (AvgIpc) is 3.28. The van der Waals surface area contributed by atoms with Crippen LogP contribution in [-0.2, 0) is 15.1 Å². The minimum Gasteiger partial charge on any atom is -0.444 e. The number of ether oxygens (including phenoxy) is 1. The minimum atomic E-state index is -0.598. The fraction of sp³-hybridized carbons (Fsp3) is 0.519. The highest BCUT2D eigenvalue weighted by Gasteiger charge is 2.38. The number of anilines is 2. The maximum Gasteiger partial charge on any atom is 0.410 e. The second-order valence-corrected chi connectivity index (χ2v) is 12.0. The van der Waals surface area contributed by atoms with E-state index in [2.05, 4.69) is 15.3 Å². The Morgan fingerprint density at radius 3 is 2.41 bits per heavy atom. The molecule has 2 saturated heterocycles. The van der Waals surface area contributed by atoms with Gasteiger partial charge in [-0.3, -0.25) is 4.79 Å². The highest BCUT2D eigenvalue weighted by molar-refractivity contribution is 6.32. The highest BCUT2D eigenvalue weighted by Crippen LogP contribution is 2.32. The lowest BCUT2D eigenvalue weighted by Crippen LogP contribution is -2.57. The number of hydrogen-bond donors (Lipinski definition) is 1. The van der Waals surface area contributed by atoms with Gasteiger partial charge in [0.1, 0.15) is 16.3 Å². The molecular weight excluding hydrogens is 520 g/mol. The van der Waals surface area contributed by atoms with Crippen LogP contribution in [0.4, 0.5) is 16.6 Å². The van der Waals surface area contributed by atoms with Crippen molar-refractivity contribution in [2.24, 2.45) is 5.92 Å². The zero-order valence-corrected chi connectivity index (χ0v) is 23.8. The molecule has 0 aromatic carbocycles. The van der Waals surface area contributed by atoms with Crippen LogP contribution in [0.3, 0.4) is 0 Å². The normalized spacial score (nSPS) is 16.8. The van der Waals surface area contributed by atoms with Gasteiger partial charge in [-0.2, -0.15) is 4.98 Å². The van der Waals surface area contributed by atoms with Gasteiger partial charge in [-0.1, -0.05) is 17.7 Å². The van der Waals surface area contributed by atoms with Gasteiger partial charge < -0.3 is 29.2 Å². The summed E-state index contributed by atoms with van der Waals surface area (Å²) in [5.41, 5.74) is 0.625. The van der Waals surface area contributed by atoms with Crippen molar-refractivity contribution in [3.63, 3.8) is 0 Å². The number of carbonyl (C=O) groups is 2. The fourth-order valence-electron chi connectivity index (χ4n) is 4.83. The number of nitrogens with zero attached hydrogens (tertiary/aromatic N) is 7. The first kappa shape index (κ1) is 27.0. The largest absolute Gasteiger partial charge is 0.444 e. The number of hydrogen-bond acceptors (Lipinski definition) is 8. The standard InChI is InChI=1S/C27H35ClN8O3/c1-26(2,3)39-25(38)34-12-10-33(11-13-34)24-30-14-19(28)22(31-24)35-16-18(17-35)23(37)32-27(4,5)20-15-29-21-8-6-7-9-36(20)21/h6-9,14-15,18H,10-13,16-17H2,1-5H3,(H,32,37). The van der Waals surface area contributed by atoms with Crippen molar-refractivity contribution in [1.29, 1.82) is 0 Å². The molecule has 3 aromatic rings. The van der Waals surface area contributed by atoms with E-state index in [0.717, 1.165) is 11.3 Å². The Kier molecular flexibility index (Phi) is 7.04. The van der Waals surface area contributed by atoms with Crippen LogP contribution >= 0.6 is 11.6 Å². The van der Waals surface area contributed by atoms with Crippen LogP contribution in [0.2, 0.25) is 5.02 Å². The van der Waals surface area contributed by atoms with Crippen molar-refractivity contribution in [2.45, 2.75) is 45.8 Å². The van der Waals surface area contributed by atoms with Gasteiger partial charge in [0.2, 0.25) is 11.9 Å². The molecule has 5 heterocycles. The van der Waals surface area contributed by atoms with E-state index < -0.39 is 11.1 Å². The highest BCUT2D eigenvalue weighted by atomic mass is 35.5. The summed E-state index contributed by atoms with van der Waals surface area (Å²) in [4.78, 5) is 44.8. The van der Waals surface area contributed by atoms with E-state index in [1.807, 2.05) is 73.2 Å². The monoisotopic (exact) mass is 554 g/mol. The van der Waals surface area contributed by atoms with E-state index in [-0.39, 0.29) is 17.9 Å². The molecule has 0 bridgehead atoms. The SMILES string of the molecule is CC(C)(C)OC(=O)N1CCN(c2ncc(Cl)c(N3CC(C(=O)NC(C)(C)c4cnc5ccccn45)C3)n2)CC1. The quantitative estimate of drug-likeness (QED) is 0.512. The zero-order valence-electron chi connectivity index (χ0n) is 23.0. The summed E-state index contributed by atoms with van der Waals surface area (Å²) in [7, 11) is 0. The molecule has 0 saturated carbocycles. The molecule has 12 heteroatoms. The smallest absolute Gasteiger partial charge is 0.410 e. The summed E-state index contributed by atoms with van der Waals surface area (Å²) >= 11 is 6.46. The molecule has 3 aromatic heterocycles. The zero-order chi connectivity index (χ0) is 27.9. The topological polar surface area (TPSA) is 108 Å². The van der Waals surface area contributed by atoms with Gasteiger partial charge in [-0.25, -0.2) is 14.8 Å². The second kappa shape index (κ2) is 10.2.